The Morgan fingerprint density at radius 1 is 1.23 bits per heavy atom. The maximum absolute atomic E-state index is 12.6. The van der Waals surface area contributed by atoms with Gasteiger partial charge in [0.15, 0.2) is 0 Å². The lowest BCUT2D eigenvalue weighted by Crippen LogP contribution is -2.44. The van der Waals surface area contributed by atoms with Crippen LogP contribution in [-0.4, -0.2) is 47.8 Å². The van der Waals surface area contributed by atoms with Gasteiger partial charge in [-0.25, -0.2) is 0 Å². The highest BCUT2D eigenvalue weighted by Crippen LogP contribution is 2.33. The monoisotopic (exact) mass is 321 g/mol. The van der Waals surface area contributed by atoms with E-state index in [0.29, 0.717) is 6.54 Å². The zero-order chi connectivity index (χ0) is 15.5. The van der Waals surface area contributed by atoms with Crippen molar-refractivity contribution in [2.45, 2.75) is 31.7 Å². The largest absolute Gasteiger partial charge is 0.369 e. The molecule has 6 heteroatoms. The van der Waals surface area contributed by atoms with Crippen LogP contribution in [0.1, 0.15) is 37.3 Å². The fourth-order valence-electron chi connectivity index (χ4n) is 3.53. The van der Waals surface area contributed by atoms with E-state index in [4.69, 9.17) is 5.73 Å². The molecule has 5 nitrogen and oxygen atoms in total. The van der Waals surface area contributed by atoms with Crippen LogP contribution in [0.2, 0.25) is 0 Å². The van der Waals surface area contributed by atoms with Crippen LogP contribution in [0.25, 0.3) is 0 Å². The van der Waals surface area contributed by atoms with Crippen molar-refractivity contribution in [1.82, 2.24) is 9.80 Å². The molecule has 0 aromatic carbocycles. The Kier molecular flexibility index (Phi) is 4.78. The van der Waals surface area contributed by atoms with E-state index in [1.807, 2.05) is 4.90 Å². The number of amides is 2. The maximum Gasteiger partial charge on any atom is 0.237 e. The molecule has 1 atom stereocenters. The van der Waals surface area contributed by atoms with Gasteiger partial charge in [0.25, 0.3) is 0 Å². The first kappa shape index (κ1) is 15.5. The minimum Gasteiger partial charge on any atom is -0.369 e. The normalized spacial score (nSPS) is 23.8. The first-order chi connectivity index (χ1) is 10.6. The average Bonchev–Trinajstić information content (AvgIpc) is 3.18. The Morgan fingerprint density at radius 2 is 2.00 bits per heavy atom. The van der Waals surface area contributed by atoms with E-state index in [-0.39, 0.29) is 23.8 Å². The highest BCUT2D eigenvalue weighted by molar-refractivity contribution is 7.07. The third-order valence-electron chi connectivity index (χ3n) is 4.85. The average molecular weight is 321 g/mol. The summed E-state index contributed by atoms with van der Waals surface area (Å²) in [7, 11) is 0. The number of piperidine rings is 1. The van der Waals surface area contributed by atoms with E-state index in [2.05, 4.69) is 21.7 Å². The molecule has 0 unspecified atom stereocenters. The minimum absolute atomic E-state index is 0.0170. The molecule has 22 heavy (non-hydrogen) atoms. The number of thiophene rings is 1. The molecule has 120 valence electrons. The molecular formula is C16H23N3O2S. The molecule has 3 heterocycles. The molecule has 2 aliphatic rings. The summed E-state index contributed by atoms with van der Waals surface area (Å²) in [4.78, 5) is 28.0. The van der Waals surface area contributed by atoms with Crippen molar-refractivity contribution in [1.29, 1.82) is 0 Å². The first-order valence-corrected chi connectivity index (χ1v) is 8.92. The topological polar surface area (TPSA) is 66.6 Å². The molecule has 1 aromatic heterocycles. The summed E-state index contributed by atoms with van der Waals surface area (Å²) in [6, 6.07) is 2.38. The van der Waals surface area contributed by atoms with Crippen molar-refractivity contribution in [3.05, 3.63) is 22.4 Å². The molecule has 0 saturated carbocycles. The van der Waals surface area contributed by atoms with Gasteiger partial charge in [0, 0.05) is 12.5 Å². The second-order valence-electron chi connectivity index (χ2n) is 6.25. The van der Waals surface area contributed by atoms with Gasteiger partial charge >= 0.3 is 0 Å². The van der Waals surface area contributed by atoms with Crippen LogP contribution in [0, 0.1) is 5.92 Å². The molecular weight excluding hydrogens is 298 g/mol. The zero-order valence-electron chi connectivity index (χ0n) is 12.7. The Balaban J connectivity index is 1.55. The van der Waals surface area contributed by atoms with Crippen molar-refractivity contribution in [3.63, 3.8) is 0 Å². The lowest BCUT2D eigenvalue weighted by Gasteiger charge is -2.32. The van der Waals surface area contributed by atoms with Crippen molar-refractivity contribution in [2.24, 2.45) is 11.7 Å². The van der Waals surface area contributed by atoms with E-state index < -0.39 is 0 Å². The fraction of sp³-hybridized carbons (Fsp3) is 0.625. The smallest absolute Gasteiger partial charge is 0.237 e. The Hall–Kier alpha value is -1.40. The third kappa shape index (κ3) is 3.33. The molecule has 2 saturated heterocycles. The van der Waals surface area contributed by atoms with Crippen LogP contribution in [0.4, 0.5) is 0 Å². The van der Waals surface area contributed by atoms with Crippen LogP contribution in [0.15, 0.2) is 16.8 Å². The van der Waals surface area contributed by atoms with Crippen molar-refractivity contribution < 1.29 is 9.59 Å². The number of nitrogens with zero attached hydrogens (tertiary/aromatic N) is 2. The molecule has 2 fully saturated rings. The molecule has 2 aliphatic heterocycles. The van der Waals surface area contributed by atoms with E-state index in [1.54, 1.807) is 11.3 Å². The standard InChI is InChI=1S/C16H23N3O2S/c17-16(21)12-3-7-18(8-4-12)10-15(20)19-6-1-2-14(19)13-5-9-22-11-13/h5,9,11-12,14H,1-4,6-8,10H2,(H2,17,21)/t14-/m1/s1. The minimum atomic E-state index is -0.206. The Morgan fingerprint density at radius 3 is 2.64 bits per heavy atom. The number of rotatable bonds is 4. The fourth-order valence-corrected chi connectivity index (χ4v) is 4.24. The van der Waals surface area contributed by atoms with Gasteiger partial charge in [-0.05, 0) is 61.2 Å². The molecule has 0 spiro atoms. The van der Waals surface area contributed by atoms with Crippen LogP contribution in [0.3, 0.4) is 0 Å². The van der Waals surface area contributed by atoms with E-state index in [0.717, 1.165) is 45.3 Å². The zero-order valence-corrected chi connectivity index (χ0v) is 13.6. The Bertz CT molecular complexity index is 524. The molecule has 0 radical (unpaired) electrons. The Labute approximate surface area is 135 Å². The highest BCUT2D eigenvalue weighted by atomic mass is 32.1. The number of primary amides is 1. The first-order valence-electron chi connectivity index (χ1n) is 7.98. The number of hydrogen-bond acceptors (Lipinski definition) is 4. The molecule has 2 N–H and O–H groups in total. The van der Waals surface area contributed by atoms with Crippen molar-refractivity contribution in [2.75, 3.05) is 26.2 Å². The van der Waals surface area contributed by atoms with Gasteiger partial charge in [-0.3, -0.25) is 14.5 Å². The summed E-state index contributed by atoms with van der Waals surface area (Å²) in [5, 5.41) is 4.22. The number of nitrogens with two attached hydrogens (primary N) is 1. The highest BCUT2D eigenvalue weighted by Gasteiger charge is 2.32. The third-order valence-corrected chi connectivity index (χ3v) is 5.55. The number of hydrogen-bond donors (Lipinski definition) is 1. The molecule has 0 bridgehead atoms. The second-order valence-corrected chi connectivity index (χ2v) is 7.03. The van der Waals surface area contributed by atoms with Gasteiger partial charge in [-0.15, -0.1) is 0 Å². The van der Waals surface area contributed by atoms with Crippen LogP contribution in [-0.2, 0) is 9.59 Å². The van der Waals surface area contributed by atoms with Gasteiger partial charge in [0.2, 0.25) is 11.8 Å². The molecule has 1 aromatic rings. The summed E-state index contributed by atoms with van der Waals surface area (Å²) < 4.78 is 0. The summed E-state index contributed by atoms with van der Waals surface area (Å²) in [6.45, 7) is 2.90. The van der Waals surface area contributed by atoms with Crippen LogP contribution in [0.5, 0.6) is 0 Å². The van der Waals surface area contributed by atoms with Crippen molar-refractivity contribution >= 4 is 23.2 Å². The van der Waals surface area contributed by atoms with E-state index >= 15 is 0 Å². The van der Waals surface area contributed by atoms with Gasteiger partial charge < -0.3 is 10.6 Å². The van der Waals surface area contributed by atoms with Gasteiger partial charge in [0.1, 0.15) is 0 Å². The quantitative estimate of drug-likeness (QED) is 0.916. The summed E-state index contributed by atoms with van der Waals surface area (Å²) >= 11 is 1.69. The summed E-state index contributed by atoms with van der Waals surface area (Å²) in [5.41, 5.74) is 6.62. The van der Waals surface area contributed by atoms with Gasteiger partial charge in [-0.2, -0.15) is 11.3 Å². The lowest BCUT2D eigenvalue weighted by molar-refractivity contribution is -0.133. The molecule has 2 amide bonds. The predicted molar refractivity (Wildman–Crippen MR) is 86.4 cm³/mol. The summed E-state index contributed by atoms with van der Waals surface area (Å²) in [5.74, 6) is -0.00837. The van der Waals surface area contributed by atoms with E-state index in [1.165, 1.54) is 5.56 Å². The molecule has 0 aliphatic carbocycles. The summed E-state index contributed by atoms with van der Waals surface area (Å²) in [6.07, 6.45) is 3.69. The van der Waals surface area contributed by atoms with Gasteiger partial charge in [-0.1, -0.05) is 0 Å². The predicted octanol–water partition coefficient (Wildman–Crippen LogP) is 1.61. The van der Waals surface area contributed by atoms with Crippen LogP contribution >= 0.6 is 11.3 Å². The lowest BCUT2D eigenvalue weighted by atomic mass is 9.96. The maximum atomic E-state index is 12.6. The van der Waals surface area contributed by atoms with Crippen molar-refractivity contribution in [3.8, 4) is 0 Å². The second kappa shape index (κ2) is 6.79. The SMILES string of the molecule is NC(=O)C1CCN(CC(=O)N2CCC[C@@H]2c2ccsc2)CC1. The number of carbonyl (C=O) groups is 2. The van der Waals surface area contributed by atoms with Gasteiger partial charge in [0.05, 0.1) is 12.6 Å². The van der Waals surface area contributed by atoms with Crippen LogP contribution < -0.4 is 5.73 Å². The number of carbonyl (C=O) groups excluding carboxylic acids is 2. The number of likely N-dealkylation sites (tertiary alicyclic amines) is 2. The molecule has 3 rings (SSSR count). The van der Waals surface area contributed by atoms with E-state index in [9.17, 15) is 9.59 Å².